The van der Waals surface area contributed by atoms with Gasteiger partial charge in [-0.15, -0.1) is 10.2 Å². The molecule has 1 amide bonds. The van der Waals surface area contributed by atoms with Crippen molar-refractivity contribution < 1.29 is 9.59 Å². The Bertz CT molecular complexity index is 1350. The number of carbonyl (C=O) groups excluding carboxylic acids is 2. The van der Waals surface area contributed by atoms with Gasteiger partial charge in [-0.3, -0.25) is 14.2 Å². The van der Waals surface area contributed by atoms with Gasteiger partial charge in [-0.05, 0) is 48.3 Å². The van der Waals surface area contributed by atoms with Crippen LogP contribution in [0.15, 0.2) is 71.9 Å². The average Bonchev–Trinajstić information content (AvgIpc) is 3.63. The molecular formula is C27H26N4O2S. The van der Waals surface area contributed by atoms with Gasteiger partial charge in [0.15, 0.2) is 5.16 Å². The van der Waals surface area contributed by atoms with Crippen molar-refractivity contribution in [3.63, 3.8) is 0 Å². The van der Waals surface area contributed by atoms with E-state index in [1.807, 2.05) is 18.2 Å². The Morgan fingerprint density at radius 3 is 2.44 bits per heavy atom. The molecule has 0 bridgehead atoms. The van der Waals surface area contributed by atoms with Gasteiger partial charge >= 0.3 is 0 Å². The summed E-state index contributed by atoms with van der Waals surface area (Å²) in [6.45, 7) is 1.49. The maximum atomic E-state index is 12.3. The number of nitrogens with one attached hydrogen (secondary N) is 1. The minimum atomic E-state index is -0.201. The molecule has 172 valence electrons. The van der Waals surface area contributed by atoms with E-state index in [2.05, 4.69) is 68.6 Å². The molecule has 1 aromatic heterocycles. The minimum absolute atomic E-state index is 0.0403. The summed E-state index contributed by atoms with van der Waals surface area (Å²) in [6.07, 6.45) is 3.11. The molecule has 0 unspecified atom stereocenters. The number of fused-ring (bicyclic) bond motifs is 1. The van der Waals surface area contributed by atoms with E-state index in [4.69, 9.17) is 0 Å². The molecule has 5 rings (SSSR count). The Balaban J connectivity index is 1.54. The van der Waals surface area contributed by atoms with Crippen molar-refractivity contribution in [2.24, 2.45) is 0 Å². The molecule has 34 heavy (non-hydrogen) atoms. The van der Waals surface area contributed by atoms with E-state index in [-0.39, 0.29) is 24.0 Å². The molecule has 4 aromatic rings. The third-order valence-electron chi connectivity index (χ3n) is 5.97. The van der Waals surface area contributed by atoms with Crippen molar-refractivity contribution in [3.05, 3.63) is 83.7 Å². The van der Waals surface area contributed by atoms with E-state index in [9.17, 15) is 9.59 Å². The first-order chi connectivity index (χ1) is 16.6. The molecule has 1 N–H and O–H groups in total. The SMILES string of the molecule is CC(=O)CNC(=O)CSc1nnc(Cc2ccccc2)n1-c1ccc(C2CC2)c2ccccc12. The highest BCUT2D eigenvalue weighted by atomic mass is 32.2. The summed E-state index contributed by atoms with van der Waals surface area (Å²) >= 11 is 1.33. The maximum absolute atomic E-state index is 12.3. The van der Waals surface area contributed by atoms with E-state index < -0.39 is 0 Å². The van der Waals surface area contributed by atoms with E-state index in [0.717, 1.165) is 22.5 Å². The van der Waals surface area contributed by atoms with Crippen LogP contribution in [-0.2, 0) is 16.0 Å². The van der Waals surface area contributed by atoms with Gasteiger partial charge in [0.25, 0.3) is 0 Å². The van der Waals surface area contributed by atoms with Crippen LogP contribution in [0.3, 0.4) is 0 Å². The fourth-order valence-electron chi connectivity index (χ4n) is 4.18. The van der Waals surface area contributed by atoms with Gasteiger partial charge in [-0.2, -0.15) is 0 Å². The number of carbonyl (C=O) groups is 2. The average molecular weight is 471 g/mol. The standard InChI is InChI=1S/C27H26N4O2S/c1-18(32)16-28-26(33)17-34-27-30-29-25(15-19-7-3-2-4-8-19)31(27)24-14-13-21(20-11-12-20)22-9-5-6-10-23(22)24/h2-10,13-14,20H,11-12,15-17H2,1H3,(H,28,33). The van der Waals surface area contributed by atoms with Gasteiger partial charge in [0.1, 0.15) is 11.6 Å². The Kier molecular flexibility index (Phi) is 6.45. The third kappa shape index (κ3) is 4.89. The van der Waals surface area contributed by atoms with Crippen molar-refractivity contribution >= 4 is 34.2 Å². The summed E-state index contributed by atoms with van der Waals surface area (Å²) in [7, 11) is 0. The lowest BCUT2D eigenvalue weighted by molar-refractivity contribution is -0.122. The van der Waals surface area contributed by atoms with E-state index in [1.165, 1.54) is 42.5 Å². The monoisotopic (exact) mass is 470 g/mol. The summed E-state index contributed by atoms with van der Waals surface area (Å²) in [4.78, 5) is 23.5. The molecule has 3 aromatic carbocycles. The Morgan fingerprint density at radius 1 is 0.971 bits per heavy atom. The first-order valence-corrected chi connectivity index (χ1v) is 12.5. The van der Waals surface area contributed by atoms with Crippen LogP contribution in [0, 0.1) is 0 Å². The number of hydrogen-bond donors (Lipinski definition) is 1. The van der Waals surface area contributed by atoms with Crippen LogP contribution >= 0.6 is 11.8 Å². The highest BCUT2D eigenvalue weighted by Crippen LogP contribution is 2.44. The lowest BCUT2D eigenvalue weighted by Gasteiger charge is -2.15. The largest absolute Gasteiger partial charge is 0.348 e. The van der Waals surface area contributed by atoms with Crippen molar-refractivity contribution in [1.82, 2.24) is 20.1 Å². The molecule has 1 saturated carbocycles. The number of nitrogens with zero attached hydrogens (tertiary/aromatic N) is 3. The molecule has 0 spiro atoms. The molecule has 6 nitrogen and oxygen atoms in total. The lowest BCUT2D eigenvalue weighted by atomic mass is 9.99. The minimum Gasteiger partial charge on any atom is -0.348 e. The Labute approximate surface area is 202 Å². The number of thioether (sulfide) groups is 1. The van der Waals surface area contributed by atoms with Crippen LogP contribution < -0.4 is 5.32 Å². The van der Waals surface area contributed by atoms with Gasteiger partial charge < -0.3 is 5.32 Å². The van der Waals surface area contributed by atoms with E-state index in [1.54, 1.807) is 0 Å². The zero-order valence-corrected chi connectivity index (χ0v) is 19.8. The van der Waals surface area contributed by atoms with Gasteiger partial charge in [0, 0.05) is 11.8 Å². The van der Waals surface area contributed by atoms with Crippen molar-refractivity contribution in [3.8, 4) is 5.69 Å². The van der Waals surface area contributed by atoms with E-state index in [0.29, 0.717) is 17.5 Å². The summed E-state index contributed by atoms with van der Waals surface area (Å²) in [5, 5.41) is 14.7. The number of benzene rings is 3. The Hall–Kier alpha value is -3.45. The van der Waals surface area contributed by atoms with Crippen molar-refractivity contribution in [2.75, 3.05) is 12.3 Å². The zero-order valence-electron chi connectivity index (χ0n) is 19.0. The second-order valence-electron chi connectivity index (χ2n) is 8.66. The smallest absolute Gasteiger partial charge is 0.230 e. The number of ketones is 1. The van der Waals surface area contributed by atoms with Crippen LogP contribution in [0.1, 0.15) is 42.6 Å². The molecule has 0 aliphatic heterocycles. The first kappa shape index (κ1) is 22.3. The number of rotatable bonds is 9. The van der Waals surface area contributed by atoms with Gasteiger partial charge in [-0.1, -0.05) is 72.4 Å². The van der Waals surface area contributed by atoms with Gasteiger partial charge in [-0.25, -0.2) is 0 Å². The summed E-state index contributed by atoms with van der Waals surface area (Å²) in [5.74, 6) is 1.35. The predicted octanol–water partition coefficient (Wildman–Crippen LogP) is 4.69. The summed E-state index contributed by atoms with van der Waals surface area (Å²) in [6, 6.07) is 23.1. The highest BCUT2D eigenvalue weighted by Gasteiger charge is 2.26. The predicted molar refractivity (Wildman–Crippen MR) is 135 cm³/mol. The molecule has 1 heterocycles. The normalized spacial score (nSPS) is 13.2. The number of aromatic nitrogens is 3. The van der Waals surface area contributed by atoms with E-state index >= 15 is 0 Å². The number of Topliss-reactive ketones (excluding diaryl/α,β-unsaturated/α-hetero) is 1. The zero-order chi connectivity index (χ0) is 23.5. The third-order valence-corrected chi connectivity index (χ3v) is 6.89. The topological polar surface area (TPSA) is 76.9 Å². The fraction of sp³-hybridized carbons (Fsp3) is 0.259. The van der Waals surface area contributed by atoms with Crippen LogP contribution in [0.4, 0.5) is 0 Å². The maximum Gasteiger partial charge on any atom is 0.230 e. The lowest BCUT2D eigenvalue weighted by Crippen LogP contribution is -2.29. The van der Waals surface area contributed by atoms with Crippen LogP contribution in [-0.4, -0.2) is 38.8 Å². The highest BCUT2D eigenvalue weighted by molar-refractivity contribution is 7.99. The summed E-state index contributed by atoms with van der Waals surface area (Å²) < 4.78 is 2.08. The number of hydrogen-bond acceptors (Lipinski definition) is 5. The molecule has 7 heteroatoms. The molecular weight excluding hydrogens is 444 g/mol. The van der Waals surface area contributed by atoms with Crippen molar-refractivity contribution in [1.29, 1.82) is 0 Å². The molecule has 0 atom stereocenters. The van der Waals surface area contributed by atoms with Crippen LogP contribution in [0.25, 0.3) is 16.5 Å². The van der Waals surface area contributed by atoms with Crippen molar-refractivity contribution in [2.45, 2.75) is 37.3 Å². The number of amides is 1. The second kappa shape index (κ2) is 9.81. The molecule has 1 fully saturated rings. The molecule has 0 saturated heterocycles. The molecule has 1 aliphatic carbocycles. The molecule has 1 aliphatic rings. The molecule has 0 radical (unpaired) electrons. The second-order valence-corrected chi connectivity index (χ2v) is 9.60. The van der Waals surface area contributed by atoms with Crippen LogP contribution in [0.2, 0.25) is 0 Å². The first-order valence-electron chi connectivity index (χ1n) is 11.5. The fourth-order valence-corrected chi connectivity index (χ4v) is 4.98. The van der Waals surface area contributed by atoms with Gasteiger partial charge in [0.2, 0.25) is 5.91 Å². The quantitative estimate of drug-likeness (QED) is 0.359. The van der Waals surface area contributed by atoms with Crippen LogP contribution in [0.5, 0.6) is 0 Å². The summed E-state index contributed by atoms with van der Waals surface area (Å²) in [5.41, 5.74) is 3.56. The van der Waals surface area contributed by atoms with Gasteiger partial charge in [0.05, 0.1) is 18.0 Å². The Morgan fingerprint density at radius 2 is 1.71 bits per heavy atom.